The molecular formula is C13H24N2O2. The summed E-state index contributed by atoms with van der Waals surface area (Å²) in [5.74, 6) is 0.267. The zero-order chi connectivity index (χ0) is 12.3. The third-order valence-electron chi connectivity index (χ3n) is 4.11. The number of carbonyl (C=O) groups is 1. The summed E-state index contributed by atoms with van der Waals surface area (Å²) < 4.78 is 0. The Morgan fingerprint density at radius 1 is 1.59 bits per heavy atom. The fourth-order valence-electron chi connectivity index (χ4n) is 3.21. The van der Waals surface area contributed by atoms with Crippen molar-refractivity contribution in [2.45, 2.75) is 45.1 Å². The van der Waals surface area contributed by atoms with Crippen molar-refractivity contribution < 1.29 is 9.90 Å². The number of hydrogen-bond donors (Lipinski definition) is 2. The molecule has 17 heavy (non-hydrogen) atoms. The van der Waals surface area contributed by atoms with E-state index >= 15 is 0 Å². The van der Waals surface area contributed by atoms with Crippen molar-refractivity contribution in [2.24, 2.45) is 5.41 Å². The summed E-state index contributed by atoms with van der Waals surface area (Å²) in [6.07, 6.45) is 4.52. The molecule has 2 saturated heterocycles. The minimum atomic E-state index is -0.311. The molecule has 2 aliphatic heterocycles. The lowest BCUT2D eigenvalue weighted by atomic mass is 9.76. The summed E-state index contributed by atoms with van der Waals surface area (Å²) in [6.45, 7) is 5.24. The van der Waals surface area contributed by atoms with Gasteiger partial charge in [-0.05, 0) is 32.2 Å². The van der Waals surface area contributed by atoms with E-state index in [1.54, 1.807) is 0 Å². The van der Waals surface area contributed by atoms with Gasteiger partial charge in [0.15, 0.2) is 0 Å². The molecule has 1 unspecified atom stereocenters. The van der Waals surface area contributed by atoms with Gasteiger partial charge in [-0.3, -0.25) is 4.79 Å². The smallest absolute Gasteiger partial charge is 0.230 e. The van der Waals surface area contributed by atoms with Gasteiger partial charge in [0.2, 0.25) is 5.91 Å². The number of piperidine rings is 1. The van der Waals surface area contributed by atoms with E-state index in [9.17, 15) is 9.90 Å². The van der Waals surface area contributed by atoms with Crippen molar-refractivity contribution in [2.75, 3.05) is 26.2 Å². The van der Waals surface area contributed by atoms with Gasteiger partial charge in [-0.15, -0.1) is 0 Å². The summed E-state index contributed by atoms with van der Waals surface area (Å²) in [4.78, 5) is 14.5. The van der Waals surface area contributed by atoms with E-state index in [1.807, 2.05) is 4.90 Å². The molecule has 2 heterocycles. The van der Waals surface area contributed by atoms with Gasteiger partial charge in [0.05, 0.1) is 11.5 Å². The average Bonchev–Trinajstić information content (AvgIpc) is 2.76. The largest absolute Gasteiger partial charge is 0.391 e. The normalized spacial score (nSPS) is 34.0. The lowest BCUT2D eigenvalue weighted by molar-refractivity contribution is -0.143. The fraction of sp³-hybridized carbons (Fsp3) is 0.923. The predicted octanol–water partition coefficient (Wildman–Crippen LogP) is 0.750. The SMILES string of the molecule is CCCC1(C(=O)N2CC[C@@H](O)C2)CCCNC1. The van der Waals surface area contributed by atoms with Gasteiger partial charge in [-0.25, -0.2) is 0 Å². The van der Waals surface area contributed by atoms with Gasteiger partial charge in [0.25, 0.3) is 0 Å². The van der Waals surface area contributed by atoms with Crippen molar-refractivity contribution >= 4 is 5.91 Å². The molecule has 98 valence electrons. The molecule has 0 bridgehead atoms. The highest BCUT2D eigenvalue weighted by Crippen LogP contribution is 2.34. The first kappa shape index (κ1) is 12.8. The average molecular weight is 240 g/mol. The first-order valence-electron chi connectivity index (χ1n) is 6.86. The number of amides is 1. The Hall–Kier alpha value is -0.610. The molecule has 0 radical (unpaired) electrons. The number of rotatable bonds is 3. The molecule has 4 nitrogen and oxygen atoms in total. The van der Waals surface area contributed by atoms with Gasteiger partial charge < -0.3 is 15.3 Å². The molecule has 0 aromatic carbocycles. The fourth-order valence-corrected chi connectivity index (χ4v) is 3.21. The second-order valence-electron chi connectivity index (χ2n) is 5.50. The summed E-state index contributed by atoms with van der Waals surface area (Å²) in [7, 11) is 0. The summed E-state index contributed by atoms with van der Waals surface area (Å²) >= 11 is 0. The molecule has 2 N–H and O–H groups in total. The van der Waals surface area contributed by atoms with Crippen LogP contribution in [0, 0.1) is 5.41 Å². The van der Waals surface area contributed by atoms with Crippen LogP contribution in [0.1, 0.15) is 39.0 Å². The van der Waals surface area contributed by atoms with Crippen LogP contribution in [-0.4, -0.2) is 48.2 Å². The molecular weight excluding hydrogens is 216 g/mol. The number of hydrogen-bond acceptors (Lipinski definition) is 3. The van der Waals surface area contributed by atoms with Crippen LogP contribution in [0.25, 0.3) is 0 Å². The van der Waals surface area contributed by atoms with Gasteiger partial charge in [-0.2, -0.15) is 0 Å². The molecule has 2 rings (SSSR count). The maximum atomic E-state index is 12.6. The third-order valence-corrected chi connectivity index (χ3v) is 4.11. The van der Waals surface area contributed by atoms with Crippen LogP contribution in [0.15, 0.2) is 0 Å². The lowest BCUT2D eigenvalue weighted by Gasteiger charge is -2.39. The maximum Gasteiger partial charge on any atom is 0.230 e. The number of β-amino-alcohol motifs (C(OH)–C–C–N with tert-alkyl or cyclic N) is 1. The number of nitrogens with one attached hydrogen (secondary N) is 1. The minimum absolute atomic E-state index is 0.197. The molecule has 4 heteroatoms. The second-order valence-corrected chi connectivity index (χ2v) is 5.50. The molecule has 2 atom stereocenters. The number of likely N-dealkylation sites (tertiary alicyclic amines) is 1. The van der Waals surface area contributed by atoms with E-state index in [2.05, 4.69) is 12.2 Å². The molecule has 0 saturated carbocycles. The van der Waals surface area contributed by atoms with Crippen molar-refractivity contribution in [3.8, 4) is 0 Å². The van der Waals surface area contributed by atoms with Crippen LogP contribution >= 0.6 is 0 Å². The van der Waals surface area contributed by atoms with Crippen LogP contribution < -0.4 is 5.32 Å². The second kappa shape index (κ2) is 5.36. The first-order chi connectivity index (χ1) is 8.18. The molecule has 2 fully saturated rings. The molecule has 2 aliphatic rings. The molecule has 0 spiro atoms. The quantitative estimate of drug-likeness (QED) is 0.765. The van der Waals surface area contributed by atoms with Gasteiger partial charge in [0.1, 0.15) is 0 Å². The van der Waals surface area contributed by atoms with E-state index in [4.69, 9.17) is 0 Å². The number of carbonyl (C=O) groups excluding carboxylic acids is 1. The Bertz CT molecular complexity index is 269. The van der Waals surface area contributed by atoms with Crippen LogP contribution in [0.2, 0.25) is 0 Å². The Labute approximate surface area is 103 Å². The zero-order valence-corrected chi connectivity index (χ0v) is 10.7. The lowest BCUT2D eigenvalue weighted by Crippen LogP contribution is -2.51. The number of aliphatic hydroxyl groups is 1. The van der Waals surface area contributed by atoms with Gasteiger partial charge in [-0.1, -0.05) is 13.3 Å². The highest BCUT2D eigenvalue weighted by atomic mass is 16.3. The number of aliphatic hydroxyl groups excluding tert-OH is 1. The summed E-state index contributed by atoms with van der Waals surface area (Å²) in [5.41, 5.74) is -0.197. The Balaban J connectivity index is 2.06. The number of nitrogens with zero attached hydrogens (tertiary/aromatic N) is 1. The Morgan fingerprint density at radius 2 is 2.41 bits per heavy atom. The van der Waals surface area contributed by atoms with E-state index in [1.165, 1.54) is 0 Å². The molecule has 0 aromatic heterocycles. The first-order valence-corrected chi connectivity index (χ1v) is 6.86. The standard InChI is InChI=1S/C13H24N2O2/c1-2-5-13(6-3-7-14-10-13)12(17)15-8-4-11(16)9-15/h11,14,16H,2-10H2,1H3/t11-,13?/m1/s1. The van der Waals surface area contributed by atoms with Crippen molar-refractivity contribution in [3.05, 3.63) is 0 Å². The van der Waals surface area contributed by atoms with Crippen LogP contribution in [0.3, 0.4) is 0 Å². The highest BCUT2D eigenvalue weighted by Gasteiger charge is 2.42. The maximum absolute atomic E-state index is 12.6. The zero-order valence-electron chi connectivity index (χ0n) is 10.7. The van der Waals surface area contributed by atoms with Gasteiger partial charge >= 0.3 is 0 Å². The monoisotopic (exact) mass is 240 g/mol. The van der Waals surface area contributed by atoms with Crippen molar-refractivity contribution in [1.82, 2.24) is 10.2 Å². The van der Waals surface area contributed by atoms with E-state index in [-0.39, 0.29) is 17.4 Å². The topological polar surface area (TPSA) is 52.6 Å². The minimum Gasteiger partial charge on any atom is -0.391 e. The Kier molecular flexibility index (Phi) is 4.05. The highest BCUT2D eigenvalue weighted by molar-refractivity contribution is 5.83. The molecule has 1 amide bonds. The van der Waals surface area contributed by atoms with E-state index < -0.39 is 0 Å². The van der Waals surface area contributed by atoms with Crippen LogP contribution in [0.4, 0.5) is 0 Å². The van der Waals surface area contributed by atoms with E-state index in [0.29, 0.717) is 6.54 Å². The van der Waals surface area contributed by atoms with Gasteiger partial charge in [0, 0.05) is 19.6 Å². The third kappa shape index (κ3) is 2.63. The summed E-state index contributed by atoms with van der Waals surface area (Å²) in [5, 5.41) is 12.9. The van der Waals surface area contributed by atoms with Crippen LogP contribution in [0.5, 0.6) is 0 Å². The van der Waals surface area contributed by atoms with Crippen molar-refractivity contribution in [1.29, 1.82) is 0 Å². The molecule has 0 aliphatic carbocycles. The van der Waals surface area contributed by atoms with Crippen LogP contribution in [-0.2, 0) is 4.79 Å². The van der Waals surface area contributed by atoms with E-state index in [0.717, 1.165) is 51.7 Å². The summed E-state index contributed by atoms with van der Waals surface area (Å²) in [6, 6.07) is 0. The predicted molar refractivity (Wildman–Crippen MR) is 66.6 cm³/mol. The van der Waals surface area contributed by atoms with Crippen molar-refractivity contribution in [3.63, 3.8) is 0 Å². The Morgan fingerprint density at radius 3 is 2.94 bits per heavy atom. The molecule has 0 aromatic rings.